The van der Waals surface area contributed by atoms with Crippen LogP contribution in [0.25, 0.3) is 5.76 Å². The molecule has 0 saturated heterocycles. The molecular weight excluding hydrogens is 394 g/mol. The summed E-state index contributed by atoms with van der Waals surface area (Å²) in [7, 11) is 0. The Labute approximate surface area is 177 Å². The summed E-state index contributed by atoms with van der Waals surface area (Å²) < 4.78 is 35.3. The van der Waals surface area contributed by atoms with Crippen LogP contribution in [0.1, 0.15) is 41.2 Å². The summed E-state index contributed by atoms with van der Waals surface area (Å²) in [5, 5.41) is 7.01. The number of benzene rings is 3. The van der Waals surface area contributed by atoms with Gasteiger partial charge in [-0.15, -0.1) is 0 Å². The number of nitrogens with zero attached hydrogens (tertiary/aromatic N) is 2. The number of ether oxygens (including phenoxy) is 1. The number of hydrogen-bond donors (Lipinski definition) is 0. The Hall–Kier alpha value is -3.60. The van der Waals surface area contributed by atoms with Gasteiger partial charge in [-0.2, -0.15) is 0 Å². The summed E-state index contributed by atoms with van der Waals surface area (Å²) in [6.45, 7) is 2.78. The van der Waals surface area contributed by atoms with Gasteiger partial charge in [0.2, 0.25) is 5.36 Å². The second-order valence-electron chi connectivity index (χ2n) is 7.90. The Bertz CT molecular complexity index is 1400. The topological polar surface area (TPSA) is 24.6 Å². The number of rotatable bonds is 3. The summed E-state index contributed by atoms with van der Waals surface area (Å²) >= 11 is 0. The fourth-order valence-electron chi connectivity index (χ4n) is 4.77. The molecule has 2 aliphatic heterocycles. The normalized spacial score (nSPS) is 20.4. The Morgan fingerprint density at radius 2 is 1.52 bits per heavy atom. The summed E-state index contributed by atoms with van der Waals surface area (Å²) in [5.74, 6) is 0.195. The van der Waals surface area contributed by atoms with E-state index in [1.165, 1.54) is 29.8 Å². The molecule has 1 aliphatic carbocycles. The number of halogens is 2. The first kappa shape index (κ1) is 18.2. The molecule has 2 atom stereocenters. The molecule has 2 heterocycles. The van der Waals surface area contributed by atoms with Gasteiger partial charge in [-0.05, 0) is 72.7 Å². The molecule has 0 radical (unpaired) electrons. The van der Waals surface area contributed by atoms with Crippen LogP contribution in [0, 0.1) is 11.6 Å². The first-order valence-corrected chi connectivity index (χ1v) is 10.4. The maximum atomic E-state index is 13.5. The van der Waals surface area contributed by atoms with Crippen LogP contribution >= 0.6 is 0 Å². The van der Waals surface area contributed by atoms with Crippen molar-refractivity contribution in [3.63, 3.8) is 0 Å². The Balaban J connectivity index is 1.62. The highest BCUT2D eigenvalue weighted by atomic mass is 19.1. The third-order valence-electron chi connectivity index (χ3n) is 6.17. The molecule has 0 spiro atoms. The van der Waals surface area contributed by atoms with Gasteiger partial charge in [0.15, 0.2) is 6.54 Å². The predicted octanol–water partition coefficient (Wildman–Crippen LogP) is 3.77. The lowest BCUT2D eigenvalue weighted by Crippen LogP contribution is -2.41. The highest BCUT2D eigenvalue weighted by Crippen LogP contribution is 2.39. The average Bonchev–Trinajstić information content (AvgIpc) is 3.18. The van der Waals surface area contributed by atoms with Gasteiger partial charge < -0.3 is 4.74 Å². The Morgan fingerprint density at radius 1 is 0.839 bits per heavy atom. The van der Waals surface area contributed by atoms with E-state index in [1.54, 1.807) is 24.3 Å². The quantitative estimate of drug-likeness (QED) is 0.474. The minimum Gasteiger partial charge on any atom is -0.480 e. The van der Waals surface area contributed by atoms with Crippen LogP contribution in [0.4, 0.5) is 8.78 Å². The maximum Gasteiger partial charge on any atom is 0.236 e. The van der Waals surface area contributed by atoms with Crippen LogP contribution in [0.3, 0.4) is 0 Å². The second kappa shape index (κ2) is 6.71. The van der Waals surface area contributed by atoms with E-state index in [1.807, 2.05) is 4.68 Å². The fraction of sp³-hybridized carbons (Fsp3) is 0.154. The van der Waals surface area contributed by atoms with E-state index >= 15 is 0 Å². The highest BCUT2D eigenvalue weighted by Gasteiger charge is 2.39. The van der Waals surface area contributed by atoms with Gasteiger partial charge >= 0.3 is 0 Å². The van der Waals surface area contributed by atoms with Gasteiger partial charge in [0.05, 0.1) is 5.92 Å². The smallest absolute Gasteiger partial charge is 0.236 e. The molecule has 0 N–H and O–H groups in total. The van der Waals surface area contributed by atoms with Gasteiger partial charge in [-0.1, -0.05) is 10.8 Å². The molecule has 2 unspecified atom stereocenters. The van der Waals surface area contributed by atoms with Gasteiger partial charge in [0, 0.05) is 33.5 Å². The predicted molar refractivity (Wildman–Crippen MR) is 115 cm³/mol. The maximum absolute atomic E-state index is 13.5. The molecule has 3 aromatic carbocycles. The highest BCUT2D eigenvalue weighted by molar-refractivity contribution is 6.07. The van der Waals surface area contributed by atoms with Crippen molar-refractivity contribution in [1.29, 1.82) is 0 Å². The minimum absolute atomic E-state index is 0.0365. The molecule has 0 saturated carbocycles. The van der Waals surface area contributed by atoms with Crippen LogP contribution in [-0.2, 0) is 4.74 Å². The van der Waals surface area contributed by atoms with E-state index in [0.717, 1.165) is 38.7 Å². The first-order chi connectivity index (χ1) is 15.1. The number of hydrogen-bond acceptors (Lipinski definition) is 2. The van der Waals surface area contributed by atoms with Crippen molar-refractivity contribution in [2.45, 2.75) is 18.9 Å². The van der Waals surface area contributed by atoms with Crippen LogP contribution in [0.2, 0.25) is 0 Å². The summed E-state index contributed by atoms with van der Waals surface area (Å²) in [5.41, 5.74) is 4.97. The molecular formula is C26H19F2N2O+. The molecule has 152 valence electrons. The van der Waals surface area contributed by atoms with Crippen molar-refractivity contribution in [3.05, 3.63) is 117 Å². The zero-order chi connectivity index (χ0) is 21.1. The third-order valence-corrected chi connectivity index (χ3v) is 6.17. The van der Waals surface area contributed by atoms with Crippen LogP contribution in [-0.4, -0.2) is 12.3 Å². The van der Waals surface area contributed by atoms with Crippen molar-refractivity contribution in [1.82, 2.24) is 4.68 Å². The number of hydrazone groups is 1. The minimum atomic E-state index is -0.271. The summed E-state index contributed by atoms with van der Waals surface area (Å²) in [6.07, 6.45) is 4.01. The van der Waals surface area contributed by atoms with E-state index in [0.29, 0.717) is 6.54 Å². The average molecular weight is 413 g/mol. The molecule has 3 aliphatic rings. The van der Waals surface area contributed by atoms with Crippen LogP contribution < -0.4 is 15.3 Å². The first-order valence-electron chi connectivity index (χ1n) is 10.4. The van der Waals surface area contributed by atoms with Crippen molar-refractivity contribution >= 4 is 11.5 Å². The zero-order valence-electron chi connectivity index (χ0n) is 16.8. The van der Waals surface area contributed by atoms with Crippen molar-refractivity contribution < 1.29 is 13.5 Å². The molecule has 5 heteroatoms. The summed E-state index contributed by atoms with van der Waals surface area (Å²) in [4.78, 5) is 0. The zero-order valence-corrected chi connectivity index (χ0v) is 16.8. The number of allylic oxidation sites excluding steroid dienone is 1. The lowest BCUT2D eigenvalue weighted by Gasteiger charge is -2.25. The van der Waals surface area contributed by atoms with Crippen molar-refractivity contribution in [2.24, 2.45) is 5.10 Å². The van der Waals surface area contributed by atoms with Crippen LogP contribution in [0.15, 0.2) is 77.9 Å². The third kappa shape index (κ3) is 2.69. The molecule has 31 heavy (non-hydrogen) atoms. The van der Waals surface area contributed by atoms with E-state index < -0.39 is 0 Å². The lowest BCUT2D eigenvalue weighted by molar-refractivity contribution is 0.226. The van der Waals surface area contributed by atoms with Gasteiger partial charge in [-0.3, -0.25) is 0 Å². The Morgan fingerprint density at radius 3 is 2.19 bits per heavy atom. The molecule has 3 nitrogen and oxygen atoms in total. The van der Waals surface area contributed by atoms with Gasteiger partial charge in [0.1, 0.15) is 29.2 Å². The summed E-state index contributed by atoms with van der Waals surface area (Å²) in [6, 6.07) is 17.1. The SMILES string of the molecule is CC[N+]1=c2ccc3c4c2C(C=CC4OC=3c2ccc(F)cc2)C(c2ccc(F)cc2)=N1. The molecule has 0 bridgehead atoms. The monoisotopic (exact) mass is 413 g/mol. The van der Waals surface area contributed by atoms with Crippen LogP contribution in [0.5, 0.6) is 0 Å². The Kier molecular flexibility index (Phi) is 3.93. The lowest BCUT2D eigenvalue weighted by atomic mass is 9.80. The fourth-order valence-corrected chi connectivity index (χ4v) is 4.77. The molecule has 0 amide bonds. The molecule has 6 rings (SSSR count). The standard InChI is InChI=1S/C26H19F2N2O/c1-2-30-21-13-11-20-24-22(31-26(20)16-5-9-18(28)10-6-16)14-12-19(23(21)24)25(29-30)15-3-7-17(27)8-4-15/h3-14,19,22H,2H2,1H3/q+1. The van der Waals surface area contributed by atoms with Gasteiger partial charge in [0.25, 0.3) is 0 Å². The molecule has 0 fully saturated rings. The van der Waals surface area contributed by atoms with E-state index in [4.69, 9.17) is 9.84 Å². The van der Waals surface area contributed by atoms with E-state index in [2.05, 4.69) is 31.2 Å². The molecule has 3 aromatic rings. The molecule has 0 aromatic heterocycles. The van der Waals surface area contributed by atoms with E-state index in [-0.39, 0.29) is 23.7 Å². The van der Waals surface area contributed by atoms with Crippen molar-refractivity contribution in [2.75, 3.05) is 6.54 Å². The van der Waals surface area contributed by atoms with Crippen molar-refractivity contribution in [3.8, 4) is 0 Å². The largest absolute Gasteiger partial charge is 0.480 e. The second-order valence-corrected chi connectivity index (χ2v) is 7.90. The van der Waals surface area contributed by atoms with E-state index in [9.17, 15) is 8.78 Å². The van der Waals surface area contributed by atoms with Gasteiger partial charge in [-0.25, -0.2) is 8.78 Å².